The van der Waals surface area contributed by atoms with Crippen LogP contribution < -0.4 is 26.5 Å². The van der Waals surface area contributed by atoms with Crippen LogP contribution in [0.4, 0.5) is 19.0 Å². The summed E-state index contributed by atoms with van der Waals surface area (Å²) in [5.41, 5.74) is 12.4. The van der Waals surface area contributed by atoms with Crippen molar-refractivity contribution in [2.75, 3.05) is 31.1 Å². The number of anilines is 1. The Balaban J connectivity index is 1.15. The van der Waals surface area contributed by atoms with Gasteiger partial charge in [0.15, 0.2) is 0 Å². The number of aliphatic hydroxyl groups excluding tert-OH is 1. The summed E-state index contributed by atoms with van der Waals surface area (Å²) in [5, 5.41) is 15.3. The van der Waals surface area contributed by atoms with Crippen molar-refractivity contribution in [3.63, 3.8) is 0 Å². The fraction of sp³-hybridized carbons (Fsp3) is 0.357. The van der Waals surface area contributed by atoms with Crippen LogP contribution in [0.2, 0.25) is 0 Å². The summed E-state index contributed by atoms with van der Waals surface area (Å²) in [6.45, 7) is 3.78. The first kappa shape index (κ1) is 27.3. The van der Waals surface area contributed by atoms with Crippen molar-refractivity contribution in [2.24, 2.45) is 0 Å². The van der Waals surface area contributed by atoms with E-state index in [1.807, 2.05) is 41.2 Å². The summed E-state index contributed by atoms with van der Waals surface area (Å²) in [5.74, 6) is 0.513. The van der Waals surface area contributed by atoms with E-state index in [0.29, 0.717) is 31.9 Å². The van der Waals surface area contributed by atoms with Gasteiger partial charge in [-0.3, -0.25) is 15.2 Å². The number of allylic oxidation sites excluding steroid dienone is 2. The molecular formula is C28H30F3N7O3. The van der Waals surface area contributed by atoms with Crippen LogP contribution in [-0.4, -0.2) is 65.6 Å². The van der Waals surface area contributed by atoms with E-state index in [0.717, 1.165) is 34.7 Å². The lowest BCUT2D eigenvalue weighted by Gasteiger charge is -2.37. The van der Waals surface area contributed by atoms with Gasteiger partial charge in [-0.25, -0.2) is 15.8 Å². The molecule has 0 spiro atoms. The standard InChI is InChI=1S/C28H30F3N7O3/c1-2-41-17-11-19(25-20-13-33-35-26(20)36-38(25)14-17)16-7-8-24(32-12-16)37-10-9-22(23(39)15-37)34-27(40)18-5-3-4-6-21(18)28(29,30)31/h3-8,11-12,14,22-23,26,33,35-36,39H,2,9-10,13,15H2,1H3,(H,34,40)/t22-,23+,26?/m0/s1. The Hall–Kier alpha value is -3.91. The number of hydrazine groups is 2. The summed E-state index contributed by atoms with van der Waals surface area (Å²) in [6, 6.07) is 7.78. The molecule has 1 amide bonds. The third-order valence-electron chi connectivity index (χ3n) is 7.55. The fourth-order valence-electron chi connectivity index (χ4n) is 5.59. The number of fused-ring (bicyclic) bond motifs is 2. The minimum Gasteiger partial charge on any atom is -0.492 e. The van der Waals surface area contributed by atoms with Gasteiger partial charge in [0.05, 0.1) is 41.8 Å². The molecule has 1 aromatic heterocycles. The Morgan fingerprint density at radius 1 is 1.24 bits per heavy atom. The van der Waals surface area contributed by atoms with Crippen LogP contribution in [0.15, 0.2) is 71.9 Å². The average molecular weight is 570 g/mol. The molecule has 4 aliphatic heterocycles. The average Bonchev–Trinajstić information content (AvgIpc) is 3.55. The first-order chi connectivity index (χ1) is 19.7. The van der Waals surface area contributed by atoms with E-state index in [4.69, 9.17) is 4.74 Å². The number of β-amino-alcohol motifs (C(OH)–C–C–N with tert-alkyl or cyclic N) is 1. The molecule has 13 heteroatoms. The molecule has 1 aromatic carbocycles. The number of nitrogens with zero attached hydrogens (tertiary/aromatic N) is 3. The number of carbonyl (C=O) groups is 1. The zero-order valence-corrected chi connectivity index (χ0v) is 22.2. The van der Waals surface area contributed by atoms with E-state index in [1.165, 1.54) is 17.7 Å². The van der Waals surface area contributed by atoms with Crippen molar-refractivity contribution >= 4 is 17.3 Å². The minimum atomic E-state index is -4.65. The highest BCUT2D eigenvalue weighted by Gasteiger charge is 2.38. The molecule has 10 nitrogen and oxygen atoms in total. The summed E-state index contributed by atoms with van der Waals surface area (Å²) >= 11 is 0. The minimum absolute atomic E-state index is 0.0249. The van der Waals surface area contributed by atoms with Crippen LogP contribution in [0.3, 0.4) is 0 Å². The number of aromatic nitrogens is 1. The normalized spacial score (nSPS) is 24.1. The lowest BCUT2D eigenvalue weighted by atomic mass is 9.97. The van der Waals surface area contributed by atoms with Gasteiger partial charge in [-0.15, -0.1) is 0 Å². The molecule has 216 valence electrons. The molecule has 5 heterocycles. The van der Waals surface area contributed by atoms with Crippen LogP contribution in [0.1, 0.15) is 34.8 Å². The van der Waals surface area contributed by atoms with Crippen LogP contribution in [-0.2, 0) is 10.9 Å². The van der Waals surface area contributed by atoms with Crippen molar-refractivity contribution in [3.8, 4) is 0 Å². The van der Waals surface area contributed by atoms with Crippen molar-refractivity contribution in [2.45, 2.75) is 37.8 Å². The number of ether oxygens (including phenoxy) is 1. The molecule has 0 bridgehead atoms. The molecule has 3 atom stereocenters. The third-order valence-corrected chi connectivity index (χ3v) is 7.55. The lowest BCUT2D eigenvalue weighted by Crippen LogP contribution is -2.54. The van der Waals surface area contributed by atoms with E-state index in [9.17, 15) is 23.1 Å². The first-order valence-electron chi connectivity index (χ1n) is 13.4. The highest BCUT2D eigenvalue weighted by molar-refractivity contribution is 5.96. The molecule has 5 N–H and O–H groups in total. The second kappa shape index (κ2) is 10.8. The van der Waals surface area contributed by atoms with E-state index in [1.54, 1.807) is 6.20 Å². The number of nitrogens with one attached hydrogen (secondary N) is 4. The number of amides is 1. The molecule has 6 rings (SSSR count). The highest BCUT2D eigenvalue weighted by Crippen LogP contribution is 2.38. The predicted octanol–water partition coefficient (Wildman–Crippen LogP) is 2.25. The summed E-state index contributed by atoms with van der Waals surface area (Å²) < 4.78 is 45.9. The Labute approximate surface area is 234 Å². The summed E-state index contributed by atoms with van der Waals surface area (Å²) in [7, 11) is 0. The Kier molecular flexibility index (Phi) is 7.20. The largest absolute Gasteiger partial charge is 0.492 e. The number of rotatable bonds is 6. The van der Waals surface area contributed by atoms with Crippen molar-refractivity contribution in [1.29, 1.82) is 0 Å². The van der Waals surface area contributed by atoms with Crippen molar-refractivity contribution < 1.29 is 27.8 Å². The van der Waals surface area contributed by atoms with E-state index in [-0.39, 0.29) is 12.7 Å². The maximum absolute atomic E-state index is 13.4. The number of piperidine rings is 1. The monoisotopic (exact) mass is 569 g/mol. The predicted molar refractivity (Wildman–Crippen MR) is 144 cm³/mol. The van der Waals surface area contributed by atoms with Crippen LogP contribution >= 0.6 is 0 Å². The molecule has 2 saturated heterocycles. The second-order valence-corrected chi connectivity index (χ2v) is 10.2. The zero-order chi connectivity index (χ0) is 28.7. The molecular weight excluding hydrogens is 539 g/mol. The SMILES string of the molecule is CCOC1=CN2NC3NNCC3=C2C(c2ccc(N3CC[C@H](NC(=O)c4ccccc4C(F)(F)F)[C@H](O)C3)nc2)=C1. The molecule has 2 fully saturated rings. The molecule has 1 unspecified atom stereocenters. The number of carbonyl (C=O) groups excluding carboxylic acids is 1. The molecule has 2 aromatic rings. The van der Waals surface area contributed by atoms with Gasteiger partial charge in [-0.05, 0) is 43.7 Å². The van der Waals surface area contributed by atoms with Gasteiger partial charge in [0, 0.05) is 42.5 Å². The van der Waals surface area contributed by atoms with Gasteiger partial charge in [-0.1, -0.05) is 12.1 Å². The topological polar surface area (TPSA) is 114 Å². The Morgan fingerprint density at radius 3 is 2.80 bits per heavy atom. The highest BCUT2D eigenvalue weighted by atomic mass is 19.4. The summed E-state index contributed by atoms with van der Waals surface area (Å²) in [6.07, 6.45) is 0.368. The molecule has 4 aliphatic rings. The third kappa shape index (κ3) is 5.28. The second-order valence-electron chi connectivity index (χ2n) is 10.2. The smallest absolute Gasteiger partial charge is 0.417 e. The van der Waals surface area contributed by atoms with E-state index < -0.39 is 35.4 Å². The number of pyridine rings is 1. The summed E-state index contributed by atoms with van der Waals surface area (Å²) in [4.78, 5) is 19.3. The molecule has 0 saturated carbocycles. The van der Waals surface area contributed by atoms with Crippen LogP contribution in [0, 0.1) is 0 Å². The number of benzene rings is 1. The Morgan fingerprint density at radius 2 is 2.07 bits per heavy atom. The van der Waals surface area contributed by atoms with Crippen molar-refractivity contribution in [1.82, 2.24) is 31.6 Å². The van der Waals surface area contributed by atoms with Gasteiger partial charge in [0.2, 0.25) is 0 Å². The lowest BCUT2D eigenvalue weighted by molar-refractivity contribution is -0.137. The van der Waals surface area contributed by atoms with Gasteiger partial charge in [0.1, 0.15) is 17.7 Å². The molecule has 0 aliphatic carbocycles. The number of hydrogen-bond donors (Lipinski definition) is 5. The van der Waals surface area contributed by atoms with Crippen LogP contribution in [0.5, 0.6) is 0 Å². The quantitative estimate of drug-likeness (QED) is 0.358. The van der Waals surface area contributed by atoms with Gasteiger partial charge in [0.25, 0.3) is 5.91 Å². The van der Waals surface area contributed by atoms with Gasteiger partial charge >= 0.3 is 6.18 Å². The zero-order valence-electron chi connectivity index (χ0n) is 22.2. The maximum Gasteiger partial charge on any atom is 0.417 e. The maximum atomic E-state index is 13.4. The van der Waals surface area contributed by atoms with Crippen molar-refractivity contribution in [3.05, 3.63) is 88.6 Å². The van der Waals surface area contributed by atoms with Gasteiger partial charge < -0.3 is 20.1 Å². The van der Waals surface area contributed by atoms with Gasteiger partial charge in [-0.2, -0.15) is 13.2 Å². The number of halogens is 3. The Bertz CT molecular complexity index is 1420. The number of alkyl halides is 3. The number of aliphatic hydroxyl groups is 1. The number of hydrogen-bond acceptors (Lipinski definition) is 9. The molecule has 0 radical (unpaired) electrons. The van der Waals surface area contributed by atoms with E-state index in [2.05, 4.69) is 26.6 Å². The first-order valence-corrected chi connectivity index (χ1v) is 13.4. The molecule has 41 heavy (non-hydrogen) atoms. The van der Waals surface area contributed by atoms with E-state index >= 15 is 0 Å². The fourth-order valence-corrected chi connectivity index (χ4v) is 5.59. The van der Waals surface area contributed by atoms with Crippen LogP contribution in [0.25, 0.3) is 5.57 Å².